The summed E-state index contributed by atoms with van der Waals surface area (Å²) in [5, 5.41) is 6.27. The average molecular weight is 536 g/mol. The van der Waals surface area contributed by atoms with Gasteiger partial charge in [0.25, 0.3) is 17.5 Å². The van der Waals surface area contributed by atoms with Gasteiger partial charge in [-0.25, -0.2) is 9.37 Å². The van der Waals surface area contributed by atoms with Crippen molar-refractivity contribution in [3.63, 3.8) is 0 Å². The van der Waals surface area contributed by atoms with Crippen molar-refractivity contribution in [1.29, 1.82) is 0 Å². The molecular formula is C28H34FN7O3. The lowest BCUT2D eigenvalue weighted by atomic mass is 9.90. The normalized spacial score (nSPS) is 22.4. The van der Waals surface area contributed by atoms with Gasteiger partial charge in [0.05, 0.1) is 25.5 Å². The van der Waals surface area contributed by atoms with Crippen molar-refractivity contribution in [3.05, 3.63) is 30.0 Å². The largest absolute Gasteiger partial charge is 0.495 e. The molecule has 2 fully saturated rings. The van der Waals surface area contributed by atoms with Crippen LogP contribution in [0.15, 0.2) is 24.4 Å². The third-order valence-electron chi connectivity index (χ3n) is 7.92. The van der Waals surface area contributed by atoms with Crippen LogP contribution in [-0.2, 0) is 4.79 Å². The topological polar surface area (TPSA) is 103 Å². The Morgan fingerprint density at radius 1 is 1.23 bits per heavy atom. The van der Waals surface area contributed by atoms with Crippen LogP contribution in [0.5, 0.6) is 5.75 Å². The first-order valence-corrected chi connectivity index (χ1v) is 13.3. The number of ether oxygens (including phenoxy) is 1. The van der Waals surface area contributed by atoms with E-state index in [0.717, 1.165) is 45.2 Å². The first-order chi connectivity index (χ1) is 18.7. The van der Waals surface area contributed by atoms with Crippen molar-refractivity contribution in [2.45, 2.75) is 49.9 Å². The summed E-state index contributed by atoms with van der Waals surface area (Å²) in [7, 11) is 5.08. The molecule has 1 aliphatic carbocycles. The maximum Gasteiger partial charge on any atom is 0.279 e. The molecule has 1 atom stereocenters. The molecule has 5 rings (SSSR count). The van der Waals surface area contributed by atoms with Crippen LogP contribution in [0.4, 0.5) is 27.5 Å². The van der Waals surface area contributed by atoms with E-state index in [1.165, 1.54) is 25.3 Å². The van der Waals surface area contributed by atoms with Crippen LogP contribution in [0, 0.1) is 12.3 Å². The second-order valence-electron chi connectivity index (χ2n) is 10.5. The molecule has 0 spiro atoms. The highest BCUT2D eigenvalue weighted by Crippen LogP contribution is 2.40. The summed E-state index contributed by atoms with van der Waals surface area (Å²) < 4.78 is 21.1. The minimum absolute atomic E-state index is 0.0335. The molecule has 2 N–H and O–H groups in total. The Labute approximate surface area is 227 Å². The first kappa shape index (κ1) is 26.7. The molecule has 1 saturated carbocycles. The SMILES string of the molecule is C#C[C@@]1(F)CN(C2CCC2)c2nc(Nc3ccc(C(=O)NC4CCN(C)CC4)cc3OC)ncc2N(C)C1=O. The molecule has 2 aromatic rings. The van der Waals surface area contributed by atoms with E-state index in [9.17, 15) is 9.59 Å². The lowest BCUT2D eigenvalue weighted by Gasteiger charge is -2.39. The van der Waals surface area contributed by atoms with Crippen LogP contribution in [0.2, 0.25) is 0 Å². The molecule has 1 aromatic heterocycles. The summed E-state index contributed by atoms with van der Waals surface area (Å²) in [6.07, 6.45) is 11.5. The molecule has 1 saturated heterocycles. The van der Waals surface area contributed by atoms with Crippen molar-refractivity contribution < 1.29 is 18.7 Å². The van der Waals surface area contributed by atoms with Gasteiger partial charge in [0, 0.05) is 24.7 Å². The summed E-state index contributed by atoms with van der Waals surface area (Å²) in [6.45, 7) is 1.63. The monoisotopic (exact) mass is 535 g/mol. The number of amides is 2. The summed E-state index contributed by atoms with van der Waals surface area (Å²) in [5.41, 5.74) is -1.03. The number of anilines is 4. The van der Waals surface area contributed by atoms with E-state index in [0.29, 0.717) is 28.5 Å². The zero-order chi connectivity index (χ0) is 27.7. The Morgan fingerprint density at radius 2 is 1.97 bits per heavy atom. The van der Waals surface area contributed by atoms with Crippen molar-refractivity contribution >= 4 is 35.0 Å². The second-order valence-corrected chi connectivity index (χ2v) is 10.5. The van der Waals surface area contributed by atoms with Crippen LogP contribution < -0.4 is 25.2 Å². The van der Waals surface area contributed by atoms with Crippen molar-refractivity contribution in [3.8, 4) is 18.1 Å². The van der Waals surface area contributed by atoms with Crippen molar-refractivity contribution in [1.82, 2.24) is 20.2 Å². The van der Waals surface area contributed by atoms with Crippen molar-refractivity contribution in [2.75, 3.05) is 56.0 Å². The molecule has 11 heteroatoms. The van der Waals surface area contributed by atoms with E-state index >= 15 is 4.39 Å². The minimum Gasteiger partial charge on any atom is -0.495 e. The number of halogens is 1. The zero-order valence-electron chi connectivity index (χ0n) is 22.5. The summed E-state index contributed by atoms with van der Waals surface area (Å²) in [5.74, 6) is 2.23. The molecule has 2 amide bonds. The fourth-order valence-corrected chi connectivity index (χ4v) is 5.21. The predicted octanol–water partition coefficient (Wildman–Crippen LogP) is 2.73. The number of carbonyl (C=O) groups excluding carboxylic acids is 2. The van der Waals surface area contributed by atoms with Crippen LogP contribution in [0.25, 0.3) is 0 Å². The first-order valence-electron chi connectivity index (χ1n) is 13.3. The zero-order valence-corrected chi connectivity index (χ0v) is 22.5. The van der Waals surface area contributed by atoms with Gasteiger partial charge in [-0.05, 0) is 70.4 Å². The van der Waals surface area contributed by atoms with Gasteiger partial charge in [-0.2, -0.15) is 4.98 Å². The maximum atomic E-state index is 15.6. The highest BCUT2D eigenvalue weighted by atomic mass is 19.1. The molecular weight excluding hydrogens is 501 g/mol. The Hall–Kier alpha value is -3.91. The van der Waals surface area contributed by atoms with E-state index in [2.05, 4.69) is 38.5 Å². The number of nitrogens with zero attached hydrogens (tertiary/aromatic N) is 5. The molecule has 0 radical (unpaired) electrons. The fraction of sp³-hybridized carbons (Fsp3) is 0.500. The Morgan fingerprint density at radius 3 is 2.62 bits per heavy atom. The Balaban J connectivity index is 1.39. The summed E-state index contributed by atoms with van der Waals surface area (Å²) in [4.78, 5) is 40.1. The summed E-state index contributed by atoms with van der Waals surface area (Å²) in [6, 6.07) is 5.31. The number of terminal acetylenes is 1. The van der Waals surface area contributed by atoms with E-state index in [4.69, 9.17) is 11.2 Å². The quantitative estimate of drug-likeness (QED) is 0.545. The number of likely N-dealkylation sites (tertiary alicyclic amines) is 1. The van der Waals surface area contributed by atoms with E-state index in [-0.39, 0.29) is 30.5 Å². The van der Waals surface area contributed by atoms with Gasteiger partial charge in [-0.3, -0.25) is 9.59 Å². The number of hydrogen-bond donors (Lipinski definition) is 2. The maximum absolute atomic E-state index is 15.6. The number of alkyl halides is 1. The number of piperidine rings is 1. The van der Waals surface area contributed by atoms with Gasteiger partial charge in [-0.1, -0.05) is 5.92 Å². The second kappa shape index (κ2) is 10.7. The molecule has 0 bridgehead atoms. The molecule has 206 valence electrons. The third-order valence-corrected chi connectivity index (χ3v) is 7.92. The van der Waals surface area contributed by atoms with Crippen LogP contribution in [0.3, 0.4) is 0 Å². The average Bonchev–Trinajstić information content (AvgIpc) is 2.99. The predicted molar refractivity (Wildman–Crippen MR) is 147 cm³/mol. The number of nitrogens with one attached hydrogen (secondary N) is 2. The lowest BCUT2D eigenvalue weighted by molar-refractivity contribution is -0.125. The number of aromatic nitrogens is 2. The fourth-order valence-electron chi connectivity index (χ4n) is 5.21. The van der Waals surface area contributed by atoms with Crippen molar-refractivity contribution in [2.24, 2.45) is 0 Å². The molecule has 10 nitrogen and oxygen atoms in total. The summed E-state index contributed by atoms with van der Waals surface area (Å²) >= 11 is 0. The van der Waals surface area contributed by atoms with E-state index in [1.54, 1.807) is 23.1 Å². The Kier molecular flexibility index (Phi) is 7.32. The third kappa shape index (κ3) is 5.21. The van der Waals surface area contributed by atoms with Gasteiger partial charge in [-0.15, -0.1) is 6.42 Å². The molecule has 39 heavy (non-hydrogen) atoms. The standard InChI is InChI=1S/C28H34FN7O3/c1-5-28(29)17-36(20-7-6-8-20)24-22(35(3)26(28)38)16-30-27(33-24)32-21-10-9-18(15-23(21)39-4)25(37)31-19-11-13-34(2)14-12-19/h1,9-10,15-16,19-20H,6-8,11-14,17H2,2-4H3,(H,31,37)(H,30,32,33)/t28-/m1/s1. The lowest BCUT2D eigenvalue weighted by Crippen LogP contribution is -2.52. The Bertz CT molecular complexity index is 1300. The van der Waals surface area contributed by atoms with Gasteiger partial charge in [0.15, 0.2) is 5.82 Å². The van der Waals surface area contributed by atoms with E-state index < -0.39 is 11.6 Å². The molecule has 1 aromatic carbocycles. The van der Waals surface area contributed by atoms with Gasteiger partial charge in [0.2, 0.25) is 5.95 Å². The number of methoxy groups -OCH3 is 1. The van der Waals surface area contributed by atoms with Gasteiger partial charge < -0.3 is 30.1 Å². The van der Waals surface area contributed by atoms with Crippen LogP contribution in [0.1, 0.15) is 42.5 Å². The van der Waals surface area contributed by atoms with Crippen LogP contribution >= 0.6 is 0 Å². The highest BCUT2D eigenvalue weighted by molar-refractivity contribution is 6.05. The van der Waals surface area contributed by atoms with Gasteiger partial charge in [0.1, 0.15) is 11.4 Å². The van der Waals surface area contributed by atoms with Crippen LogP contribution in [-0.4, -0.2) is 85.3 Å². The highest BCUT2D eigenvalue weighted by Gasteiger charge is 2.47. The molecule has 3 heterocycles. The van der Waals surface area contributed by atoms with Gasteiger partial charge >= 0.3 is 0 Å². The molecule has 0 unspecified atom stereocenters. The minimum atomic E-state index is -2.47. The van der Waals surface area contributed by atoms with E-state index in [1.807, 2.05) is 0 Å². The smallest absolute Gasteiger partial charge is 0.279 e. The molecule has 3 aliphatic rings. The number of benzene rings is 1. The molecule has 2 aliphatic heterocycles. The number of rotatable bonds is 6. The number of fused-ring (bicyclic) bond motifs is 1. The number of hydrogen-bond acceptors (Lipinski definition) is 8. The number of carbonyl (C=O) groups is 2.